The van der Waals surface area contributed by atoms with Crippen LogP contribution in [0.4, 0.5) is 5.95 Å². The second kappa shape index (κ2) is 7.14. The quantitative estimate of drug-likeness (QED) is 0.837. The van der Waals surface area contributed by atoms with Crippen molar-refractivity contribution in [2.75, 3.05) is 23.9 Å². The van der Waals surface area contributed by atoms with Gasteiger partial charge in [0.25, 0.3) is 5.91 Å². The van der Waals surface area contributed by atoms with E-state index < -0.39 is 9.84 Å². The van der Waals surface area contributed by atoms with Crippen molar-refractivity contribution >= 4 is 21.7 Å². The Labute approximate surface area is 146 Å². The Bertz CT molecular complexity index is 857. The van der Waals surface area contributed by atoms with Crippen LogP contribution >= 0.6 is 0 Å². The number of nitrogens with zero attached hydrogens (tertiary/aromatic N) is 4. The van der Waals surface area contributed by atoms with Crippen molar-refractivity contribution in [3.05, 3.63) is 48.0 Å². The van der Waals surface area contributed by atoms with Crippen LogP contribution in [0.2, 0.25) is 0 Å². The third kappa shape index (κ3) is 4.30. The fourth-order valence-electron chi connectivity index (χ4n) is 2.66. The van der Waals surface area contributed by atoms with Crippen molar-refractivity contribution in [1.82, 2.24) is 19.9 Å². The minimum atomic E-state index is -3.05. The number of hydrogen-bond donors (Lipinski definition) is 1. The Balaban J connectivity index is 1.67. The van der Waals surface area contributed by atoms with Gasteiger partial charge in [-0.25, -0.2) is 18.4 Å². The fourth-order valence-corrected chi connectivity index (χ4v) is 4.44. The molecule has 1 aliphatic rings. The molecule has 1 atom stereocenters. The summed E-state index contributed by atoms with van der Waals surface area (Å²) in [7, 11) is -1.44. The molecular formula is C16H19N5O3S. The van der Waals surface area contributed by atoms with E-state index in [0.717, 1.165) is 5.69 Å². The molecule has 1 fully saturated rings. The van der Waals surface area contributed by atoms with Gasteiger partial charge in [0, 0.05) is 25.5 Å². The lowest BCUT2D eigenvalue weighted by molar-refractivity contribution is 0.0741. The predicted molar refractivity (Wildman–Crippen MR) is 92.7 cm³/mol. The highest BCUT2D eigenvalue weighted by atomic mass is 32.2. The highest BCUT2D eigenvalue weighted by molar-refractivity contribution is 7.91. The summed E-state index contributed by atoms with van der Waals surface area (Å²) in [5.74, 6) is 0.135. The van der Waals surface area contributed by atoms with Gasteiger partial charge >= 0.3 is 0 Å². The van der Waals surface area contributed by atoms with Gasteiger partial charge in [-0.1, -0.05) is 6.07 Å². The number of sulfone groups is 1. The van der Waals surface area contributed by atoms with Crippen LogP contribution in [0.1, 0.15) is 22.6 Å². The molecule has 0 spiro atoms. The second-order valence-corrected chi connectivity index (χ2v) is 8.14. The maximum Gasteiger partial charge on any atom is 0.272 e. The van der Waals surface area contributed by atoms with Crippen LogP contribution in [0.25, 0.3) is 0 Å². The van der Waals surface area contributed by atoms with Crippen LogP contribution < -0.4 is 5.32 Å². The van der Waals surface area contributed by atoms with E-state index in [1.807, 2.05) is 18.2 Å². The van der Waals surface area contributed by atoms with Gasteiger partial charge in [-0.3, -0.25) is 9.78 Å². The maximum absolute atomic E-state index is 12.6. The zero-order chi connectivity index (χ0) is 17.9. The maximum atomic E-state index is 12.6. The average Bonchev–Trinajstić information content (AvgIpc) is 3.00. The lowest BCUT2D eigenvalue weighted by Gasteiger charge is -2.23. The van der Waals surface area contributed by atoms with Gasteiger partial charge in [0.2, 0.25) is 5.95 Å². The van der Waals surface area contributed by atoms with Gasteiger partial charge in [-0.2, -0.15) is 0 Å². The van der Waals surface area contributed by atoms with Crippen LogP contribution in [0, 0.1) is 0 Å². The van der Waals surface area contributed by atoms with Gasteiger partial charge in [0.05, 0.1) is 23.7 Å². The van der Waals surface area contributed by atoms with Crippen LogP contribution in [-0.4, -0.2) is 58.8 Å². The largest absolute Gasteiger partial charge is 0.349 e. The molecule has 3 heterocycles. The zero-order valence-electron chi connectivity index (χ0n) is 13.8. The molecule has 132 valence electrons. The topological polar surface area (TPSA) is 105 Å². The van der Waals surface area contributed by atoms with E-state index in [4.69, 9.17) is 0 Å². The van der Waals surface area contributed by atoms with Gasteiger partial charge in [-0.15, -0.1) is 0 Å². The first-order valence-corrected chi connectivity index (χ1v) is 9.71. The van der Waals surface area contributed by atoms with E-state index in [2.05, 4.69) is 20.3 Å². The summed E-state index contributed by atoms with van der Waals surface area (Å²) in [5.41, 5.74) is 1.06. The van der Waals surface area contributed by atoms with Gasteiger partial charge in [0.15, 0.2) is 9.84 Å². The van der Waals surface area contributed by atoms with Gasteiger partial charge < -0.3 is 10.2 Å². The number of pyridine rings is 1. The standard InChI is InChI=1S/C16H19N5O3S/c1-21(13-6-9-25(23,24)11-13)15(22)14-5-8-18-16(20-14)19-10-12-4-2-3-7-17-12/h2-5,7-8,13H,6,9-11H2,1H3,(H,18,19,20). The number of rotatable bonds is 5. The number of amides is 1. The van der Waals surface area contributed by atoms with Gasteiger partial charge in [0.1, 0.15) is 5.69 Å². The minimum absolute atomic E-state index is 0.00507. The fraction of sp³-hybridized carbons (Fsp3) is 0.375. The number of anilines is 1. The Morgan fingerprint density at radius 3 is 2.80 bits per heavy atom. The van der Waals surface area contributed by atoms with Crippen molar-refractivity contribution in [1.29, 1.82) is 0 Å². The summed E-state index contributed by atoms with van der Waals surface area (Å²) >= 11 is 0. The lowest BCUT2D eigenvalue weighted by atomic mass is 10.2. The van der Waals surface area contributed by atoms with Crippen molar-refractivity contribution in [2.24, 2.45) is 0 Å². The number of hydrogen-bond acceptors (Lipinski definition) is 7. The molecule has 0 saturated carbocycles. The second-order valence-electron chi connectivity index (χ2n) is 5.91. The molecule has 1 aliphatic heterocycles. The van der Waals surface area contributed by atoms with Crippen LogP contribution in [-0.2, 0) is 16.4 Å². The predicted octanol–water partition coefficient (Wildman–Crippen LogP) is 0.743. The molecule has 8 nitrogen and oxygen atoms in total. The van der Waals surface area contributed by atoms with Crippen molar-refractivity contribution in [3.63, 3.8) is 0 Å². The molecule has 0 radical (unpaired) electrons. The molecule has 1 amide bonds. The van der Waals surface area contributed by atoms with Crippen LogP contribution in [0.5, 0.6) is 0 Å². The summed E-state index contributed by atoms with van der Waals surface area (Å²) in [6.45, 7) is 0.440. The molecule has 2 aromatic heterocycles. The van der Waals surface area contributed by atoms with Crippen LogP contribution in [0.15, 0.2) is 36.7 Å². The summed E-state index contributed by atoms with van der Waals surface area (Å²) < 4.78 is 23.2. The smallest absolute Gasteiger partial charge is 0.272 e. The highest BCUT2D eigenvalue weighted by Gasteiger charge is 2.33. The molecule has 0 aliphatic carbocycles. The number of carbonyl (C=O) groups excluding carboxylic acids is 1. The van der Waals surface area contributed by atoms with E-state index in [0.29, 0.717) is 18.9 Å². The van der Waals surface area contributed by atoms with E-state index in [9.17, 15) is 13.2 Å². The summed E-state index contributed by atoms with van der Waals surface area (Å²) in [6, 6.07) is 6.80. The Morgan fingerprint density at radius 2 is 2.12 bits per heavy atom. The molecule has 2 aromatic rings. The Hall–Kier alpha value is -2.55. The minimum Gasteiger partial charge on any atom is -0.349 e. The molecular weight excluding hydrogens is 342 g/mol. The number of nitrogens with one attached hydrogen (secondary N) is 1. The third-order valence-corrected chi connectivity index (χ3v) is 5.86. The van der Waals surface area contributed by atoms with Crippen LogP contribution in [0.3, 0.4) is 0 Å². The monoisotopic (exact) mass is 361 g/mol. The van der Waals surface area contributed by atoms with Crippen molar-refractivity contribution in [3.8, 4) is 0 Å². The first-order valence-electron chi connectivity index (χ1n) is 7.89. The molecule has 0 bridgehead atoms. The summed E-state index contributed by atoms with van der Waals surface area (Å²) in [6.07, 6.45) is 3.66. The molecule has 3 rings (SSSR count). The van der Waals surface area contributed by atoms with Gasteiger partial charge in [-0.05, 0) is 24.6 Å². The Kier molecular flexibility index (Phi) is 4.93. The Morgan fingerprint density at radius 1 is 1.28 bits per heavy atom. The number of aromatic nitrogens is 3. The highest BCUT2D eigenvalue weighted by Crippen LogP contribution is 2.18. The van der Waals surface area contributed by atoms with E-state index in [1.54, 1.807) is 13.2 Å². The molecule has 1 saturated heterocycles. The molecule has 0 aromatic carbocycles. The number of carbonyl (C=O) groups is 1. The zero-order valence-corrected chi connectivity index (χ0v) is 14.6. The molecule has 1 N–H and O–H groups in total. The first-order chi connectivity index (χ1) is 11.9. The van der Waals surface area contributed by atoms with E-state index in [1.165, 1.54) is 17.2 Å². The lowest BCUT2D eigenvalue weighted by Crippen LogP contribution is -2.38. The average molecular weight is 361 g/mol. The normalized spacial score (nSPS) is 18.7. The van der Waals surface area contributed by atoms with E-state index >= 15 is 0 Å². The molecule has 9 heteroatoms. The SMILES string of the molecule is CN(C(=O)c1ccnc(NCc2ccccn2)n1)C1CCS(=O)(=O)C1. The molecule has 1 unspecified atom stereocenters. The summed E-state index contributed by atoms with van der Waals surface area (Å²) in [5, 5.41) is 3.03. The third-order valence-electron chi connectivity index (χ3n) is 4.10. The first kappa shape index (κ1) is 17.3. The molecule has 25 heavy (non-hydrogen) atoms. The van der Waals surface area contributed by atoms with Crippen molar-refractivity contribution < 1.29 is 13.2 Å². The summed E-state index contributed by atoms with van der Waals surface area (Å²) in [4.78, 5) is 26.5. The van der Waals surface area contributed by atoms with Crippen molar-refractivity contribution in [2.45, 2.75) is 19.0 Å². The van der Waals surface area contributed by atoms with E-state index in [-0.39, 0.29) is 29.1 Å².